The summed E-state index contributed by atoms with van der Waals surface area (Å²) in [5.74, 6) is 0.0532. The first-order valence-electron chi connectivity index (χ1n) is 13.3. The minimum absolute atomic E-state index is 0.0532. The van der Waals surface area contributed by atoms with Crippen molar-refractivity contribution in [3.05, 3.63) is 36.4 Å². The van der Waals surface area contributed by atoms with Crippen molar-refractivity contribution in [3.8, 4) is 0 Å². The number of para-hydroxylation sites is 1. The third-order valence-electron chi connectivity index (χ3n) is 6.24. The quantitative estimate of drug-likeness (QED) is 0.162. The number of aromatic nitrogens is 3. The Balaban J connectivity index is 1.35. The third-order valence-corrected chi connectivity index (χ3v) is 6.24. The molecule has 0 aliphatic rings. The first kappa shape index (κ1) is 26.3. The highest BCUT2D eigenvalue weighted by atomic mass is 16.2. The summed E-state index contributed by atoms with van der Waals surface area (Å²) in [6.07, 6.45) is 27.6. The molecule has 0 bridgehead atoms. The molecule has 1 aromatic carbocycles. The van der Waals surface area contributed by atoms with E-state index >= 15 is 0 Å². The Morgan fingerprint density at radius 3 is 1.91 bits per heavy atom. The van der Waals surface area contributed by atoms with E-state index in [4.69, 9.17) is 0 Å². The van der Waals surface area contributed by atoms with Crippen molar-refractivity contribution in [3.63, 3.8) is 0 Å². The maximum absolute atomic E-state index is 12.4. The molecule has 1 heterocycles. The van der Waals surface area contributed by atoms with Crippen molar-refractivity contribution in [1.82, 2.24) is 15.0 Å². The number of rotatable bonds is 19. The molecule has 0 atom stereocenters. The van der Waals surface area contributed by atoms with Gasteiger partial charge in [0, 0.05) is 6.42 Å². The summed E-state index contributed by atoms with van der Waals surface area (Å²) in [5.41, 5.74) is 1.59. The van der Waals surface area contributed by atoms with Gasteiger partial charge in [0.15, 0.2) is 0 Å². The van der Waals surface area contributed by atoms with Crippen LogP contribution in [0, 0.1) is 0 Å². The van der Waals surface area contributed by atoms with Crippen molar-refractivity contribution < 1.29 is 4.79 Å². The molecule has 32 heavy (non-hydrogen) atoms. The second-order valence-electron chi connectivity index (χ2n) is 9.13. The highest BCUT2D eigenvalue weighted by Gasteiger charge is 2.10. The predicted molar refractivity (Wildman–Crippen MR) is 136 cm³/mol. The summed E-state index contributed by atoms with van der Waals surface area (Å²) in [6, 6.07) is 7.63. The Labute approximate surface area is 195 Å². The average Bonchev–Trinajstić information content (AvgIpc) is 3.25. The minimum Gasteiger partial charge on any atom is -0.273 e. The third kappa shape index (κ3) is 11.1. The van der Waals surface area contributed by atoms with Crippen LogP contribution in [0.1, 0.15) is 127 Å². The minimum atomic E-state index is 0.0532. The molecule has 0 amide bonds. The van der Waals surface area contributed by atoms with Crippen molar-refractivity contribution in [2.24, 2.45) is 0 Å². The Bertz CT molecular complexity index is 765. The van der Waals surface area contributed by atoms with E-state index in [9.17, 15) is 4.79 Å². The lowest BCUT2D eigenvalue weighted by Crippen LogP contribution is -2.12. The number of hydrogen-bond donors (Lipinski definition) is 0. The zero-order valence-corrected chi connectivity index (χ0v) is 20.4. The van der Waals surface area contributed by atoms with Crippen LogP contribution in [0.5, 0.6) is 0 Å². The van der Waals surface area contributed by atoms with Crippen LogP contribution in [0.2, 0.25) is 0 Å². The molecule has 2 rings (SSSR count). The lowest BCUT2D eigenvalue weighted by molar-refractivity contribution is 0.0886. The lowest BCUT2D eigenvalue weighted by atomic mass is 10.1. The molecular weight excluding hydrogens is 394 g/mol. The maximum Gasteiger partial charge on any atom is 0.248 e. The number of unbranched alkanes of at least 4 members (excludes halogenated alkanes) is 15. The van der Waals surface area contributed by atoms with E-state index in [2.05, 4.69) is 29.4 Å². The molecule has 0 aliphatic heterocycles. The van der Waals surface area contributed by atoms with Gasteiger partial charge in [-0.15, -0.1) is 5.10 Å². The summed E-state index contributed by atoms with van der Waals surface area (Å²) in [4.78, 5) is 12.4. The topological polar surface area (TPSA) is 47.8 Å². The molecule has 0 unspecified atom stereocenters. The van der Waals surface area contributed by atoms with E-state index in [1.54, 1.807) is 0 Å². The number of nitrogens with zero attached hydrogens (tertiary/aromatic N) is 3. The van der Waals surface area contributed by atoms with E-state index in [1.807, 2.05) is 24.3 Å². The maximum atomic E-state index is 12.4. The van der Waals surface area contributed by atoms with E-state index in [-0.39, 0.29) is 5.91 Å². The van der Waals surface area contributed by atoms with Gasteiger partial charge in [-0.25, -0.2) is 0 Å². The summed E-state index contributed by atoms with van der Waals surface area (Å²) in [7, 11) is 0. The number of carbonyl (C=O) groups excluding carboxylic acids is 1. The molecule has 0 radical (unpaired) electrons. The highest BCUT2D eigenvalue weighted by Crippen LogP contribution is 2.14. The van der Waals surface area contributed by atoms with Crippen molar-refractivity contribution in [2.45, 2.75) is 122 Å². The van der Waals surface area contributed by atoms with Crippen LogP contribution in [0.4, 0.5) is 0 Å². The van der Waals surface area contributed by atoms with Gasteiger partial charge in [-0.05, 0) is 44.2 Å². The molecule has 0 N–H and O–H groups in total. The molecule has 0 saturated carbocycles. The molecule has 0 saturated heterocycles. The van der Waals surface area contributed by atoms with Crippen LogP contribution in [-0.2, 0) is 0 Å². The normalized spacial score (nSPS) is 11.7. The fourth-order valence-electron chi connectivity index (χ4n) is 4.21. The molecule has 178 valence electrons. The first-order chi connectivity index (χ1) is 15.8. The van der Waals surface area contributed by atoms with Gasteiger partial charge in [-0.3, -0.25) is 4.79 Å². The zero-order valence-electron chi connectivity index (χ0n) is 20.4. The van der Waals surface area contributed by atoms with Crippen molar-refractivity contribution >= 4 is 16.9 Å². The SMILES string of the molecule is CCCCCCCCCC/C=C/CCCCCCCCCC(=O)n1nnc2ccccc21. The predicted octanol–water partition coefficient (Wildman–Crippen LogP) is 8.67. The molecule has 0 spiro atoms. The van der Waals surface area contributed by atoms with Gasteiger partial charge >= 0.3 is 0 Å². The van der Waals surface area contributed by atoms with Gasteiger partial charge in [0.1, 0.15) is 5.52 Å². The number of benzene rings is 1. The average molecular weight is 440 g/mol. The Morgan fingerprint density at radius 2 is 1.28 bits per heavy atom. The number of fused-ring (bicyclic) bond motifs is 1. The van der Waals surface area contributed by atoms with Crippen molar-refractivity contribution in [2.75, 3.05) is 0 Å². The van der Waals surface area contributed by atoms with Gasteiger partial charge in [0.2, 0.25) is 5.91 Å². The van der Waals surface area contributed by atoms with Crippen molar-refractivity contribution in [1.29, 1.82) is 0 Å². The van der Waals surface area contributed by atoms with Crippen LogP contribution < -0.4 is 0 Å². The van der Waals surface area contributed by atoms with Crippen LogP contribution in [0.25, 0.3) is 11.0 Å². The fraction of sp³-hybridized carbons (Fsp3) is 0.679. The molecule has 1 aromatic heterocycles. The molecule has 4 heteroatoms. The molecule has 2 aromatic rings. The summed E-state index contributed by atoms with van der Waals surface area (Å²) in [6.45, 7) is 2.28. The van der Waals surface area contributed by atoms with Crippen LogP contribution in [0.3, 0.4) is 0 Å². The van der Waals surface area contributed by atoms with E-state index in [1.165, 1.54) is 101 Å². The van der Waals surface area contributed by atoms with Crippen LogP contribution in [-0.4, -0.2) is 20.9 Å². The van der Waals surface area contributed by atoms with Gasteiger partial charge in [-0.1, -0.05) is 113 Å². The first-order valence-corrected chi connectivity index (χ1v) is 13.3. The van der Waals surface area contributed by atoms with Gasteiger partial charge in [0.05, 0.1) is 5.52 Å². The Kier molecular flexibility index (Phi) is 14.4. The molecule has 0 aliphatic carbocycles. The summed E-state index contributed by atoms with van der Waals surface area (Å²) in [5, 5.41) is 8.07. The summed E-state index contributed by atoms with van der Waals surface area (Å²) < 4.78 is 1.46. The molecule has 4 nitrogen and oxygen atoms in total. The number of hydrogen-bond acceptors (Lipinski definition) is 3. The summed E-state index contributed by atoms with van der Waals surface area (Å²) >= 11 is 0. The smallest absolute Gasteiger partial charge is 0.248 e. The van der Waals surface area contributed by atoms with Gasteiger partial charge in [0.25, 0.3) is 0 Å². The largest absolute Gasteiger partial charge is 0.273 e. The van der Waals surface area contributed by atoms with Gasteiger partial charge < -0.3 is 0 Å². The van der Waals surface area contributed by atoms with E-state index in [0.29, 0.717) is 6.42 Å². The van der Waals surface area contributed by atoms with Crippen LogP contribution >= 0.6 is 0 Å². The molecule has 0 fully saturated rings. The Hall–Kier alpha value is -1.97. The number of carbonyl (C=O) groups is 1. The standard InChI is InChI=1S/C28H45N3O/c1-2-3-4-5-6-7-8-9-10-11-12-13-14-15-16-17-18-19-20-25-28(32)31-27-24-22-21-23-26(27)29-30-31/h11-12,21-24H,2-10,13-20,25H2,1H3/b12-11+. The zero-order chi connectivity index (χ0) is 22.7. The monoisotopic (exact) mass is 439 g/mol. The lowest BCUT2D eigenvalue weighted by Gasteiger charge is -2.03. The second-order valence-corrected chi connectivity index (χ2v) is 9.13. The number of allylic oxidation sites excluding steroid dienone is 2. The van der Waals surface area contributed by atoms with Crippen LogP contribution in [0.15, 0.2) is 36.4 Å². The van der Waals surface area contributed by atoms with E-state index < -0.39 is 0 Å². The fourth-order valence-corrected chi connectivity index (χ4v) is 4.21. The molecular formula is C28H45N3O. The highest BCUT2D eigenvalue weighted by molar-refractivity contribution is 5.88. The van der Waals surface area contributed by atoms with Gasteiger partial charge in [-0.2, -0.15) is 4.68 Å². The van der Waals surface area contributed by atoms with E-state index in [0.717, 1.165) is 23.9 Å². The Morgan fingerprint density at radius 1 is 0.750 bits per heavy atom. The second kappa shape index (κ2) is 17.6.